The fourth-order valence-electron chi connectivity index (χ4n) is 3.66. The number of aromatic nitrogens is 2. The summed E-state index contributed by atoms with van der Waals surface area (Å²) >= 11 is 1.53. The van der Waals surface area contributed by atoms with Gasteiger partial charge in [-0.3, -0.25) is 4.79 Å². The van der Waals surface area contributed by atoms with Gasteiger partial charge in [0.2, 0.25) is 0 Å². The first-order valence-corrected chi connectivity index (χ1v) is 9.95. The first-order chi connectivity index (χ1) is 13.7. The standard InChI is InChI=1S/C22H16N4OS/c23-12-17-16-7-4-8-19(16)28-22(17)25-21(27)15-9-10-26-13-18(24-20(26)11-15)14-5-2-1-3-6-14/h1-3,5-6,9-11,13H,4,7-8H2,(H,25,27). The molecule has 1 amide bonds. The summed E-state index contributed by atoms with van der Waals surface area (Å²) in [6.07, 6.45) is 6.79. The van der Waals surface area contributed by atoms with Gasteiger partial charge in [-0.05, 0) is 37.0 Å². The van der Waals surface area contributed by atoms with Crippen molar-refractivity contribution < 1.29 is 4.79 Å². The summed E-state index contributed by atoms with van der Waals surface area (Å²) in [5.74, 6) is -0.219. The molecular formula is C22H16N4OS. The summed E-state index contributed by atoms with van der Waals surface area (Å²) in [6.45, 7) is 0. The molecule has 1 aliphatic carbocycles. The van der Waals surface area contributed by atoms with Crippen molar-refractivity contribution >= 4 is 27.9 Å². The van der Waals surface area contributed by atoms with E-state index in [-0.39, 0.29) is 5.91 Å². The predicted octanol–water partition coefficient (Wildman–Crippen LogP) is 4.68. The van der Waals surface area contributed by atoms with Gasteiger partial charge in [-0.2, -0.15) is 5.26 Å². The lowest BCUT2D eigenvalue weighted by molar-refractivity contribution is 0.102. The lowest BCUT2D eigenvalue weighted by Crippen LogP contribution is -2.12. The van der Waals surface area contributed by atoms with E-state index in [0.29, 0.717) is 21.8 Å². The van der Waals surface area contributed by atoms with Crippen LogP contribution in [-0.4, -0.2) is 15.3 Å². The number of hydrogen-bond acceptors (Lipinski definition) is 4. The number of fused-ring (bicyclic) bond motifs is 2. The molecule has 0 spiro atoms. The average Bonchev–Trinajstić information content (AvgIpc) is 3.42. The smallest absolute Gasteiger partial charge is 0.256 e. The van der Waals surface area contributed by atoms with Crippen molar-refractivity contribution in [3.8, 4) is 17.3 Å². The highest BCUT2D eigenvalue weighted by atomic mass is 32.1. The first kappa shape index (κ1) is 16.7. The minimum Gasteiger partial charge on any atom is -0.312 e. The van der Waals surface area contributed by atoms with Gasteiger partial charge in [0.15, 0.2) is 0 Å². The van der Waals surface area contributed by atoms with E-state index in [4.69, 9.17) is 0 Å². The molecule has 1 N–H and O–H groups in total. The summed E-state index contributed by atoms with van der Waals surface area (Å²) in [6, 6.07) is 15.7. The second-order valence-corrected chi connectivity index (χ2v) is 7.91. The van der Waals surface area contributed by atoms with Gasteiger partial charge in [0.25, 0.3) is 5.91 Å². The van der Waals surface area contributed by atoms with Crippen LogP contribution in [0.5, 0.6) is 0 Å². The molecule has 5 rings (SSSR count). The largest absolute Gasteiger partial charge is 0.312 e. The molecule has 28 heavy (non-hydrogen) atoms. The van der Waals surface area contributed by atoms with E-state index in [2.05, 4.69) is 16.4 Å². The maximum atomic E-state index is 12.8. The Kier molecular flexibility index (Phi) is 3.96. The Balaban J connectivity index is 1.45. The zero-order valence-electron chi connectivity index (χ0n) is 15.0. The van der Waals surface area contributed by atoms with E-state index < -0.39 is 0 Å². The van der Waals surface area contributed by atoms with Gasteiger partial charge in [-0.25, -0.2) is 4.98 Å². The molecule has 6 heteroatoms. The fourth-order valence-corrected chi connectivity index (χ4v) is 4.89. The van der Waals surface area contributed by atoms with Crippen LogP contribution in [0.1, 0.15) is 32.8 Å². The van der Waals surface area contributed by atoms with Crippen molar-refractivity contribution in [1.29, 1.82) is 5.26 Å². The van der Waals surface area contributed by atoms with E-state index in [0.717, 1.165) is 36.1 Å². The van der Waals surface area contributed by atoms with Crippen molar-refractivity contribution in [3.05, 3.63) is 76.4 Å². The highest BCUT2D eigenvalue weighted by Gasteiger charge is 2.23. The normalized spacial score (nSPS) is 12.7. The third-order valence-electron chi connectivity index (χ3n) is 5.05. The van der Waals surface area contributed by atoms with Crippen LogP contribution in [0.15, 0.2) is 54.9 Å². The van der Waals surface area contributed by atoms with Crippen molar-refractivity contribution in [3.63, 3.8) is 0 Å². The number of hydrogen-bond donors (Lipinski definition) is 1. The minimum atomic E-state index is -0.219. The van der Waals surface area contributed by atoms with Gasteiger partial charge in [0, 0.05) is 28.4 Å². The van der Waals surface area contributed by atoms with E-state index >= 15 is 0 Å². The Morgan fingerprint density at radius 1 is 1.21 bits per heavy atom. The molecule has 0 unspecified atom stereocenters. The van der Waals surface area contributed by atoms with Gasteiger partial charge in [-0.15, -0.1) is 11.3 Å². The fraction of sp³-hybridized carbons (Fsp3) is 0.136. The number of thiophene rings is 1. The number of nitrogens with one attached hydrogen (secondary N) is 1. The summed E-state index contributed by atoms with van der Waals surface area (Å²) < 4.78 is 1.90. The number of carbonyl (C=O) groups is 1. The summed E-state index contributed by atoms with van der Waals surface area (Å²) in [5, 5.41) is 13.1. The molecule has 1 aliphatic rings. The Bertz CT molecular complexity index is 1250. The Labute approximate surface area is 165 Å². The van der Waals surface area contributed by atoms with Gasteiger partial charge >= 0.3 is 0 Å². The number of imidazole rings is 1. The second kappa shape index (κ2) is 6.63. The molecule has 5 nitrogen and oxygen atoms in total. The Hall–Kier alpha value is -3.43. The van der Waals surface area contributed by atoms with Crippen LogP contribution < -0.4 is 5.32 Å². The molecule has 0 saturated heterocycles. The second-order valence-electron chi connectivity index (χ2n) is 6.80. The molecule has 0 fully saturated rings. The van der Waals surface area contributed by atoms with Crippen LogP contribution in [-0.2, 0) is 12.8 Å². The molecule has 4 aromatic rings. The van der Waals surface area contributed by atoms with E-state index in [1.54, 1.807) is 12.1 Å². The molecular weight excluding hydrogens is 368 g/mol. The SMILES string of the molecule is N#Cc1c(NC(=O)c2ccn3cc(-c4ccccc4)nc3c2)sc2c1CCC2. The molecule has 0 saturated carbocycles. The maximum absolute atomic E-state index is 12.8. The van der Waals surface area contributed by atoms with Crippen molar-refractivity contribution in [2.24, 2.45) is 0 Å². The number of nitriles is 1. The first-order valence-electron chi connectivity index (χ1n) is 9.13. The molecule has 3 heterocycles. The minimum absolute atomic E-state index is 0.219. The summed E-state index contributed by atoms with van der Waals surface area (Å²) in [7, 11) is 0. The van der Waals surface area contributed by atoms with E-state index in [1.807, 2.05) is 47.1 Å². The zero-order valence-corrected chi connectivity index (χ0v) is 15.8. The van der Waals surface area contributed by atoms with E-state index in [9.17, 15) is 10.1 Å². The van der Waals surface area contributed by atoms with Gasteiger partial charge in [-0.1, -0.05) is 30.3 Å². The Morgan fingerprint density at radius 2 is 2.07 bits per heavy atom. The van der Waals surface area contributed by atoms with Crippen molar-refractivity contribution in [1.82, 2.24) is 9.38 Å². The van der Waals surface area contributed by atoms with Crippen LogP contribution in [0.4, 0.5) is 5.00 Å². The highest BCUT2D eigenvalue weighted by molar-refractivity contribution is 7.16. The molecule has 3 aromatic heterocycles. The number of pyridine rings is 1. The van der Waals surface area contributed by atoms with Crippen LogP contribution in [0.2, 0.25) is 0 Å². The number of rotatable bonds is 3. The average molecular weight is 384 g/mol. The van der Waals surface area contributed by atoms with Crippen LogP contribution in [0.25, 0.3) is 16.9 Å². The molecule has 0 atom stereocenters. The molecule has 0 bridgehead atoms. The van der Waals surface area contributed by atoms with Crippen LogP contribution in [0, 0.1) is 11.3 Å². The number of carbonyl (C=O) groups excluding carboxylic acids is 1. The molecule has 0 aliphatic heterocycles. The molecule has 1 aromatic carbocycles. The zero-order chi connectivity index (χ0) is 19.1. The predicted molar refractivity (Wildman–Crippen MR) is 110 cm³/mol. The topological polar surface area (TPSA) is 70.2 Å². The number of nitrogens with zero attached hydrogens (tertiary/aromatic N) is 3. The third-order valence-corrected chi connectivity index (χ3v) is 6.26. The Morgan fingerprint density at radius 3 is 2.89 bits per heavy atom. The van der Waals surface area contributed by atoms with E-state index in [1.165, 1.54) is 16.2 Å². The quantitative estimate of drug-likeness (QED) is 0.558. The monoisotopic (exact) mass is 384 g/mol. The van der Waals surface area contributed by atoms with Gasteiger partial charge in [0.05, 0.1) is 11.3 Å². The lowest BCUT2D eigenvalue weighted by Gasteiger charge is -2.04. The lowest BCUT2D eigenvalue weighted by atomic mass is 10.1. The highest BCUT2D eigenvalue weighted by Crippen LogP contribution is 2.38. The van der Waals surface area contributed by atoms with Crippen molar-refractivity contribution in [2.75, 3.05) is 5.32 Å². The summed E-state index contributed by atoms with van der Waals surface area (Å²) in [5.41, 5.74) is 4.86. The number of anilines is 1. The van der Waals surface area contributed by atoms with Crippen molar-refractivity contribution in [2.45, 2.75) is 19.3 Å². The molecule has 136 valence electrons. The molecule has 0 radical (unpaired) electrons. The number of amides is 1. The number of benzene rings is 1. The van der Waals surface area contributed by atoms with Crippen LogP contribution >= 0.6 is 11.3 Å². The number of aryl methyl sites for hydroxylation is 1. The third kappa shape index (κ3) is 2.77. The maximum Gasteiger partial charge on any atom is 0.256 e. The summed E-state index contributed by atoms with van der Waals surface area (Å²) in [4.78, 5) is 18.6. The van der Waals surface area contributed by atoms with Crippen LogP contribution in [0.3, 0.4) is 0 Å². The van der Waals surface area contributed by atoms with Gasteiger partial charge < -0.3 is 9.72 Å². The van der Waals surface area contributed by atoms with Gasteiger partial charge in [0.1, 0.15) is 16.7 Å².